The molecule has 12 aromatic carbocycles. The minimum Gasteiger partial charge on any atom is -0.507 e. The summed E-state index contributed by atoms with van der Waals surface area (Å²) in [6.45, 7) is 55.6. The summed E-state index contributed by atoms with van der Waals surface area (Å²) in [6, 6.07) is 90.9. The maximum atomic E-state index is 11.2. The Morgan fingerprint density at radius 3 is 0.444 bits per heavy atom. The van der Waals surface area contributed by atoms with Gasteiger partial charge in [-0.1, -0.05) is 459 Å². The van der Waals surface area contributed by atoms with Crippen molar-refractivity contribution < 1.29 is 40.9 Å². The average Bonchev–Trinajstić information content (AvgIpc) is 0.802. The van der Waals surface area contributed by atoms with Crippen molar-refractivity contribution in [2.75, 3.05) is 0 Å². The molecule has 0 amide bonds. The minimum atomic E-state index is -0.156. The Hall–Kier alpha value is -11.3. The van der Waals surface area contributed by atoms with Gasteiger partial charge < -0.3 is 83.4 Å². The number of phenols is 8. The molecule has 0 aromatic heterocycles. The third kappa shape index (κ3) is 30.9. The largest absolute Gasteiger partial charge is 0.507 e. The van der Waals surface area contributed by atoms with Gasteiger partial charge in [0, 0.05) is 121 Å². The van der Waals surface area contributed by atoms with Crippen molar-refractivity contribution in [2.24, 2.45) is 0 Å². The van der Waals surface area contributed by atoms with Crippen LogP contribution in [0.4, 0.5) is 0 Å². The second-order valence-electron chi connectivity index (χ2n) is 48.1. The molecule has 2 unspecified atom stereocenters. The van der Waals surface area contributed by atoms with Crippen LogP contribution in [-0.4, -0.2) is 65.0 Å². The fraction of sp³-hybridized carbons (Fsp3) is 0.438. The molecule has 16 nitrogen and oxygen atoms in total. The molecule has 0 bridgehead atoms. The number of rotatable bonds is 30. The SMILES string of the molecule is CC(C)(C)c1cccc(CNC(c2ccccc2)[C@@H](NCc2cccc(C(C)(C)C)c2O)c2ccccc2)c1O.CC(C)(C)c1cccc(CNC2CCCC[C@@H]2NCc2cccc(C(C)(C)C)c2O)c1O.CC(C)(C)c1cccc(CN[C@@H]2CCCC[C@H]2NCc2cccc(C(C)(C)C)c2O)c1O.CC(C)(C)c1cccc(CN[C@H](c2ccccc2)[C@H](NCc2cccc(C(C)(C)C)c2O)c2ccccc2)c1O. The predicted molar refractivity (Wildman–Crippen MR) is 598 cm³/mol. The lowest BCUT2D eigenvalue weighted by molar-refractivity contribution is 0.279. The first-order valence-electron chi connectivity index (χ1n) is 52.5. The Balaban J connectivity index is 0.000000184. The standard InChI is InChI=1S/2C36H44N2O2.2C28H42N2O2/c2*1-35(2,3)29-21-13-19-27(33(29)39)23-37-31(25-15-9-7-10-16-25)32(26-17-11-8-12-18-26)38-24-28-20-14-22-30(34(28)40)36(4,5)6;2*1-27(2,3)21-13-9-11-19(25(21)31)17-29-23-15-7-8-16-24(23)30-18-20-12-10-14-22(26(20)32)28(4,5)6/h2*7-22,31-32,37-40H,23-24H2,1-6H3;2*9-14,23-24,29-32H,7-8,15-18H2,1-6H3/t31-,32?;31-,32-;23-,24?;23-,24-/m0101/s1. The van der Waals surface area contributed by atoms with Gasteiger partial charge in [-0.3, -0.25) is 0 Å². The van der Waals surface area contributed by atoms with Crippen LogP contribution in [0.3, 0.4) is 0 Å². The van der Waals surface area contributed by atoms with E-state index in [-0.39, 0.29) is 67.5 Å². The number of hydrogen-bond donors (Lipinski definition) is 16. The van der Waals surface area contributed by atoms with Crippen molar-refractivity contribution >= 4 is 0 Å². The lowest BCUT2D eigenvalue weighted by Crippen LogP contribution is -2.49. The van der Waals surface area contributed by atoms with Crippen molar-refractivity contribution in [3.8, 4) is 46.0 Å². The zero-order chi connectivity index (χ0) is 105. The predicted octanol–water partition coefficient (Wildman–Crippen LogP) is 27.9. The molecule has 8 atom stereocenters. The average molecular weight is 1950 g/mol. The van der Waals surface area contributed by atoms with Crippen LogP contribution in [0.25, 0.3) is 0 Å². The Morgan fingerprint density at radius 1 is 0.181 bits per heavy atom. The van der Waals surface area contributed by atoms with E-state index in [0.717, 1.165) is 137 Å². The summed E-state index contributed by atoms with van der Waals surface area (Å²) >= 11 is 0. The first kappa shape index (κ1) is 113. The van der Waals surface area contributed by atoms with E-state index in [1.54, 1.807) is 0 Å². The molecule has 16 N–H and O–H groups in total. The molecule has 0 saturated heterocycles. The van der Waals surface area contributed by atoms with Gasteiger partial charge in [0.15, 0.2) is 0 Å². The van der Waals surface area contributed by atoms with E-state index in [0.29, 0.717) is 123 Å². The third-order valence-corrected chi connectivity index (χ3v) is 28.5. The lowest BCUT2D eigenvalue weighted by Gasteiger charge is -2.34. The Bertz CT molecular complexity index is 5310. The summed E-state index contributed by atoms with van der Waals surface area (Å²) in [4.78, 5) is 0. The van der Waals surface area contributed by atoms with Gasteiger partial charge in [-0.05, 0) is 136 Å². The first-order chi connectivity index (χ1) is 67.9. The van der Waals surface area contributed by atoms with Gasteiger partial charge in [0.05, 0.1) is 24.2 Å². The van der Waals surface area contributed by atoms with Crippen molar-refractivity contribution in [1.82, 2.24) is 42.5 Å². The summed E-state index contributed by atoms with van der Waals surface area (Å²) in [7, 11) is 0. The Labute approximate surface area is 863 Å². The molecule has 0 aliphatic heterocycles. The van der Waals surface area contributed by atoms with Gasteiger partial charge in [0.1, 0.15) is 46.0 Å². The summed E-state index contributed by atoms with van der Waals surface area (Å²) < 4.78 is 0. The molecule has 2 fully saturated rings. The second kappa shape index (κ2) is 49.7. The van der Waals surface area contributed by atoms with Gasteiger partial charge >= 0.3 is 0 Å². The number of phenolic OH excluding ortho intramolecular Hbond substituents is 8. The summed E-state index contributed by atoms with van der Waals surface area (Å²) in [5, 5.41) is 118. The van der Waals surface area contributed by atoms with Crippen LogP contribution >= 0.6 is 0 Å². The summed E-state index contributed by atoms with van der Waals surface area (Å²) in [6.07, 6.45) is 9.33. The Kier molecular flexibility index (Phi) is 39.1. The number of benzene rings is 12. The quantitative estimate of drug-likeness (QED) is 0.0200. The van der Waals surface area contributed by atoms with Crippen LogP contribution in [0.1, 0.15) is 353 Å². The van der Waals surface area contributed by atoms with Crippen molar-refractivity contribution in [3.63, 3.8) is 0 Å². The molecular formula is C128H172N8O8. The van der Waals surface area contributed by atoms with E-state index in [1.165, 1.54) is 25.7 Å². The van der Waals surface area contributed by atoms with Crippen LogP contribution in [0.2, 0.25) is 0 Å². The molecule has 0 heterocycles. The van der Waals surface area contributed by atoms with Crippen LogP contribution in [0.5, 0.6) is 46.0 Å². The number of para-hydroxylation sites is 8. The van der Waals surface area contributed by atoms with Crippen LogP contribution in [-0.2, 0) is 95.7 Å². The highest BCUT2D eigenvalue weighted by atomic mass is 16.3. The molecule has 16 heteroatoms. The van der Waals surface area contributed by atoms with Crippen LogP contribution < -0.4 is 42.5 Å². The van der Waals surface area contributed by atoms with E-state index in [4.69, 9.17) is 0 Å². The number of hydrogen-bond acceptors (Lipinski definition) is 16. The van der Waals surface area contributed by atoms with Gasteiger partial charge in [0.25, 0.3) is 0 Å². The van der Waals surface area contributed by atoms with Crippen LogP contribution in [0.15, 0.2) is 267 Å². The molecule has 2 saturated carbocycles. The summed E-state index contributed by atoms with van der Waals surface area (Å²) in [5.41, 5.74) is 18.6. The molecule has 12 aromatic rings. The molecule has 14 rings (SSSR count). The minimum absolute atomic E-state index is 0.0847. The number of nitrogens with one attached hydrogen (secondary N) is 8. The molecule has 0 spiro atoms. The zero-order valence-corrected chi connectivity index (χ0v) is 90.9. The highest BCUT2D eigenvalue weighted by molar-refractivity contribution is 5.52. The smallest absolute Gasteiger partial charge is 0.123 e. The maximum Gasteiger partial charge on any atom is 0.123 e. The van der Waals surface area contributed by atoms with Crippen LogP contribution in [0, 0.1) is 0 Å². The fourth-order valence-corrected chi connectivity index (χ4v) is 20.2. The number of aromatic hydroxyl groups is 8. The van der Waals surface area contributed by atoms with Crippen molar-refractivity contribution in [1.29, 1.82) is 0 Å². The van der Waals surface area contributed by atoms with E-state index in [2.05, 4.69) is 306 Å². The Morgan fingerprint density at radius 2 is 0.312 bits per heavy atom. The molecular weight excluding hydrogens is 1780 g/mol. The van der Waals surface area contributed by atoms with E-state index in [9.17, 15) is 40.9 Å². The van der Waals surface area contributed by atoms with Gasteiger partial charge in [-0.2, -0.15) is 0 Å². The molecule has 0 radical (unpaired) electrons. The van der Waals surface area contributed by atoms with E-state index >= 15 is 0 Å². The third-order valence-electron chi connectivity index (χ3n) is 28.5. The lowest BCUT2D eigenvalue weighted by atomic mass is 9.85. The van der Waals surface area contributed by atoms with E-state index < -0.39 is 0 Å². The first-order valence-corrected chi connectivity index (χ1v) is 52.5. The molecule has 2 aliphatic rings. The topological polar surface area (TPSA) is 258 Å². The van der Waals surface area contributed by atoms with Crippen molar-refractivity contribution in [3.05, 3.63) is 378 Å². The molecule has 144 heavy (non-hydrogen) atoms. The highest BCUT2D eigenvalue weighted by Crippen LogP contribution is 2.44. The van der Waals surface area contributed by atoms with Gasteiger partial charge in [-0.25, -0.2) is 0 Å². The maximum absolute atomic E-state index is 11.2. The normalized spacial score (nSPS) is 16.4. The van der Waals surface area contributed by atoms with E-state index in [1.807, 2.05) is 170 Å². The zero-order valence-electron chi connectivity index (χ0n) is 90.9. The summed E-state index contributed by atoms with van der Waals surface area (Å²) in [5.74, 6) is 3.05. The highest BCUT2D eigenvalue weighted by Gasteiger charge is 2.35. The second-order valence-corrected chi connectivity index (χ2v) is 48.1. The monoisotopic (exact) mass is 1950 g/mol. The van der Waals surface area contributed by atoms with Gasteiger partial charge in [0.2, 0.25) is 0 Å². The molecule has 2 aliphatic carbocycles. The fourth-order valence-electron chi connectivity index (χ4n) is 20.2. The van der Waals surface area contributed by atoms with Gasteiger partial charge in [-0.15, -0.1) is 0 Å². The van der Waals surface area contributed by atoms with Crippen molar-refractivity contribution in [2.45, 2.75) is 362 Å². The molecule has 772 valence electrons.